The van der Waals surface area contributed by atoms with E-state index in [9.17, 15) is 0 Å². The second-order valence-electron chi connectivity index (χ2n) is 5.36. The van der Waals surface area contributed by atoms with Crippen molar-refractivity contribution < 1.29 is 0 Å². The summed E-state index contributed by atoms with van der Waals surface area (Å²) in [6.07, 6.45) is 6.19. The Morgan fingerprint density at radius 3 is 2.59 bits per heavy atom. The van der Waals surface area contributed by atoms with E-state index in [0.717, 1.165) is 31.3 Å². The number of nitrogens with two attached hydrogens (primary N) is 1. The van der Waals surface area contributed by atoms with Crippen molar-refractivity contribution in [1.29, 1.82) is 0 Å². The van der Waals surface area contributed by atoms with Gasteiger partial charge in [0.05, 0.1) is 0 Å². The Bertz CT molecular complexity index is 350. The van der Waals surface area contributed by atoms with Crippen molar-refractivity contribution in [2.24, 2.45) is 11.7 Å². The van der Waals surface area contributed by atoms with E-state index in [1.807, 2.05) is 6.92 Å². The van der Waals surface area contributed by atoms with Gasteiger partial charge in [-0.25, -0.2) is 0 Å². The lowest BCUT2D eigenvalue weighted by molar-refractivity contribution is 0.332. The Morgan fingerprint density at radius 2 is 1.94 bits per heavy atom. The maximum atomic E-state index is 5.59. The van der Waals surface area contributed by atoms with E-state index in [0.29, 0.717) is 5.92 Å². The van der Waals surface area contributed by atoms with Crippen LogP contribution in [0.4, 0.5) is 0 Å². The van der Waals surface area contributed by atoms with Gasteiger partial charge in [-0.2, -0.15) is 0 Å². The van der Waals surface area contributed by atoms with Gasteiger partial charge in [-0.15, -0.1) is 10.2 Å². The summed E-state index contributed by atoms with van der Waals surface area (Å²) in [5.74, 6) is 3.73. The zero-order valence-corrected chi connectivity index (χ0v) is 11.0. The molecule has 1 heterocycles. The van der Waals surface area contributed by atoms with Gasteiger partial charge in [0.2, 0.25) is 0 Å². The molecule has 1 fully saturated rings. The average Bonchev–Trinajstić information content (AvgIpc) is 2.69. The first kappa shape index (κ1) is 12.6. The molecule has 0 aliphatic heterocycles. The van der Waals surface area contributed by atoms with Gasteiger partial charge in [-0.05, 0) is 38.6 Å². The van der Waals surface area contributed by atoms with Crippen LogP contribution in [-0.4, -0.2) is 21.3 Å². The molecule has 1 aromatic rings. The smallest absolute Gasteiger partial charge is 0.136 e. The monoisotopic (exact) mass is 236 g/mol. The molecule has 2 rings (SSSR count). The first-order valence-corrected chi connectivity index (χ1v) is 6.82. The van der Waals surface area contributed by atoms with E-state index < -0.39 is 0 Å². The summed E-state index contributed by atoms with van der Waals surface area (Å²) in [4.78, 5) is 0. The molecule has 96 valence electrons. The Labute approximate surface area is 104 Å². The van der Waals surface area contributed by atoms with Crippen molar-refractivity contribution >= 4 is 0 Å². The summed E-state index contributed by atoms with van der Waals surface area (Å²) in [5, 5.41) is 8.63. The Kier molecular flexibility index (Phi) is 4.15. The van der Waals surface area contributed by atoms with E-state index in [4.69, 9.17) is 5.73 Å². The molecule has 0 saturated heterocycles. The number of nitrogens with zero attached hydrogens (tertiary/aromatic N) is 3. The van der Waals surface area contributed by atoms with Crippen molar-refractivity contribution in [2.75, 3.05) is 6.54 Å². The maximum Gasteiger partial charge on any atom is 0.136 e. The zero-order valence-electron chi connectivity index (χ0n) is 11.0. The SMILES string of the molecule is Cc1nnc(C2CCC(C)CC2)n1CCCN. The van der Waals surface area contributed by atoms with Crippen molar-refractivity contribution in [2.45, 2.75) is 58.4 Å². The summed E-state index contributed by atoms with van der Waals surface area (Å²) in [7, 11) is 0. The van der Waals surface area contributed by atoms with Gasteiger partial charge < -0.3 is 10.3 Å². The topological polar surface area (TPSA) is 56.7 Å². The minimum Gasteiger partial charge on any atom is -0.330 e. The van der Waals surface area contributed by atoms with Crippen LogP contribution in [0, 0.1) is 12.8 Å². The van der Waals surface area contributed by atoms with Crippen molar-refractivity contribution in [3.63, 3.8) is 0 Å². The normalized spacial score (nSPS) is 25.1. The van der Waals surface area contributed by atoms with E-state index >= 15 is 0 Å². The molecular weight excluding hydrogens is 212 g/mol. The summed E-state index contributed by atoms with van der Waals surface area (Å²) < 4.78 is 2.27. The summed E-state index contributed by atoms with van der Waals surface area (Å²) >= 11 is 0. The predicted molar refractivity (Wildman–Crippen MR) is 68.8 cm³/mol. The molecule has 0 spiro atoms. The van der Waals surface area contributed by atoms with Crippen LogP contribution in [0.3, 0.4) is 0 Å². The number of hydrogen-bond acceptors (Lipinski definition) is 3. The molecule has 2 N–H and O–H groups in total. The van der Waals surface area contributed by atoms with Gasteiger partial charge in [0, 0.05) is 12.5 Å². The quantitative estimate of drug-likeness (QED) is 0.872. The van der Waals surface area contributed by atoms with Gasteiger partial charge in [0.25, 0.3) is 0 Å². The minimum atomic E-state index is 0.616. The van der Waals surface area contributed by atoms with Crippen LogP contribution in [0.25, 0.3) is 0 Å². The zero-order chi connectivity index (χ0) is 12.3. The highest BCUT2D eigenvalue weighted by Gasteiger charge is 2.24. The minimum absolute atomic E-state index is 0.616. The van der Waals surface area contributed by atoms with Crippen LogP contribution in [0.5, 0.6) is 0 Å². The molecule has 0 atom stereocenters. The van der Waals surface area contributed by atoms with Gasteiger partial charge in [-0.3, -0.25) is 0 Å². The van der Waals surface area contributed by atoms with E-state index in [2.05, 4.69) is 21.7 Å². The molecule has 1 aliphatic rings. The summed E-state index contributed by atoms with van der Waals surface area (Å²) in [6, 6.07) is 0. The molecule has 0 radical (unpaired) electrons. The van der Waals surface area contributed by atoms with Gasteiger partial charge >= 0.3 is 0 Å². The molecule has 1 saturated carbocycles. The molecule has 17 heavy (non-hydrogen) atoms. The third-order valence-corrected chi connectivity index (χ3v) is 3.93. The third-order valence-electron chi connectivity index (χ3n) is 3.93. The second-order valence-corrected chi connectivity index (χ2v) is 5.36. The summed E-state index contributed by atoms with van der Waals surface area (Å²) in [6.45, 7) is 6.09. The van der Waals surface area contributed by atoms with E-state index in [1.165, 1.54) is 31.5 Å². The molecule has 1 aromatic heterocycles. The van der Waals surface area contributed by atoms with E-state index in [-0.39, 0.29) is 0 Å². The maximum absolute atomic E-state index is 5.59. The van der Waals surface area contributed by atoms with Crippen LogP contribution in [-0.2, 0) is 6.54 Å². The van der Waals surface area contributed by atoms with Crippen LogP contribution in [0.2, 0.25) is 0 Å². The van der Waals surface area contributed by atoms with Gasteiger partial charge in [-0.1, -0.05) is 19.8 Å². The Balaban J connectivity index is 2.09. The fraction of sp³-hybridized carbons (Fsp3) is 0.846. The lowest BCUT2D eigenvalue weighted by Gasteiger charge is -2.25. The van der Waals surface area contributed by atoms with E-state index in [1.54, 1.807) is 0 Å². The lowest BCUT2D eigenvalue weighted by Crippen LogP contribution is -2.17. The molecule has 1 aliphatic carbocycles. The second kappa shape index (κ2) is 5.63. The number of aryl methyl sites for hydroxylation is 1. The highest BCUT2D eigenvalue weighted by molar-refractivity contribution is 5.02. The predicted octanol–water partition coefficient (Wildman–Crippen LogP) is 2.23. The molecule has 0 amide bonds. The van der Waals surface area contributed by atoms with Crippen molar-refractivity contribution in [3.05, 3.63) is 11.6 Å². The fourth-order valence-corrected chi connectivity index (χ4v) is 2.74. The summed E-state index contributed by atoms with van der Waals surface area (Å²) in [5.41, 5.74) is 5.59. The van der Waals surface area contributed by atoms with Crippen molar-refractivity contribution in [1.82, 2.24) is 14.8 Å². The first-order valence-electron chi connectivity index (χ1n) is 6.82. The molecular formula is C13H24N4. The molecule has 0 unspecified atom stereocenters. The lowest BCUT2D eigenvalue weighted by atomic mass is 9.82. The van der Waals surface area contributed by atoms with Crippen molar-refractivity contribution in [3.8, 4) is 0 Å². The fourth-order valence-electron chi connectivity index (χ4n) is 2.74. The standard InChI is InChI=1S/C13H24N4/c1-10-4-6-12(7-5-10)13-16-15-11(2)17(13)9-3-8-14/h10,12H,3-9,14H2,1-2H3. The highest BCUT2D eigenvalue weighted by atomic mass is 15.3. The number of rotatable bonds is 4. The average molecular weight is 236 g/mol. The van der Waals surface area contributed by atoms with Gasteiger partial charge in [0.15, 0.2) is 0 Å². The van der Waals surface area contributed by atoms with Crippen LogP contribution >= 0.6 is 0 Å². The van der Waals surface area contributed by atoms with Crippen LogP contribution in [0.1, 0.15) is 56.6 Å². The largest absolute Gasteiger partial charge is 0.330 e. The molecule has 0 bridgehead atoms. The molecule has 4 heteroatoms. The highest BCUT2D eigenvalue weighted by Crippen LogP contribution is 2.34. The van der Waals surface area contributed by atoms with Crippen LogP contribution in [0.15, 0.2) is 0 Å². The van der Waals surface area contributed by atoms with Gasteiger partial charge in [0.1, 0.15) is 11.6 Å². The molecule has 4 nitrogen and oxygen atoms in total. The Hall–Kier alpha value is -0.900. The molecule has 0 aromatic carbocycles. The number of aromatic nitrogens is 3. The van der Waals surface area contributed by atoms with Crippen LogP contribution < -0.4 is 5.73 Å². The Morgan fingerprint density at radius 1 is 1.24 bits per heavy atom. The third kappa shape index (κ3) is 2.86. The first-order chi connectivity index (χ1) is 8.22. The number of hydrogen-bond donors (Lipinski definition) is 1.